The topological polar surface area (TPSA) is 12.0 Å². The van der Waals surface area contributed by atoms with E-state index in [0.717, 1.165) is 17.9 Å². The van der Waals surface area contributed by atoms with E-state index in [2.05, 4.69) is 25.2 Å². The summed E-state index contributed by atoms with van der Waals surface area (Å²) in [5, 5.41) is 3.74. The van der Waals surface area contributed by atoms with Crippen molar-refractivity contribution < 1.29 is 0 Å². The zero-order valence-corrected chi connectivity index (χ0v) is 12.4. The minimum atomic E-state index is 0.808. The number of hydrogen-bond donors (Lipinski definition) is 1. The van der Waals surface area contributed by atoms with Gasteiger partial charge in [-0.2, -0.15) is 0 Å². The molecule has 0 atom stereocenters. The quantitative estimate of drug-likeness (QED) is 0.646. The summed E-state index contributed by atoms with van der Waals surface area (Å²) in [7, 11) is 0. The highest BCUT2D eigenvalue weighted by atomic mass is 14.9. The molecule has 1 nitrogen and oxygen atoms in total. The summed E-state index contributed by atoms with van der Waals surface area (Å²) >= 11 is 0. The van der Waals surface area contributed by atoms with Crippen LogP contribution < -0.4 is 5.32 Å². The highest BCUT2D eigenvalue weighted by molar-refractivity contribution is 5.12. The minimum absolute atomic E-state index is 0.808. The van der Waals surface area contributed by atoms with E-state index in [4.69, 9.17) is 0 Å². The molecule has 18 heavy (non-hydrogen) atoms. The first-order valence-electron chi connectivity index (χ1n) is 8.27. The standard InChI is InChI=1S/C17H31N/c1-3-14(4-2)12-16(13-18-17-10-11-17)15-8-6-5-7-9-15/h12,14-15,17-18H,3-11,13H2,1-2H3. The monoisotopic (exact) mass is 249 g/mol. The van der Waals surface area contributed by atoms with Gasteiger partial charge in [-0.15, -0.1) is 0 Å². The van der Waals surface area contributed by atoms with Crippen molar-refractivity contribution in [3.63, 3.8) is 0 Å². The Morgan fingerprint density at radius 1 is 1.06 bits per heavy atom. The van der Waals surface area contributed by atoms with Crippen LogP contribution in [0.25, 0.3) is 0 Å². The average Bonchev–Trinajstić information content (AvgIpc) is 3.24. The second kappa shape index (κ2) is 7.33. The first-order chi connectivity index (χ1) is 8.83. The maximum absolute atomic E-state index is 3.74. The second-order valence-corrected chi connectivity index (χ2v) is 6.31. The number of nitrogens with one attached hydrogen (secondary N) is 1. The summed E-state index contributed by atoms with van der Waals surface area (Å²) in [4.78, 5) is 0. The van der Waals surface area contributed by atoms with Crippen LogP contribution in [0.15, 0.2) is 11.6 Å². The van der Waals surface area contributed by atoms with Gasteiger partial charge >= 0.3 is 0 Å². The summed E-state index contributed by atoms with van der Waals surface area (Å²) in [5.41, 5.74) is 1.75. The van der Waals surface area contributed by atoms with Gasteiger partial charge in [0.1, 0.15) is 0 Å². The summed E-state index contributed by atoms with van der Waals surface area (Å²) in [6, 6.07) is 0.846. The third kappa shape index (κ3) is 4.42. The number of rotatable bonds is 7. The van der Waals surface area contributed by atoms with Crippen LogP contribution in [0.3, 0.4) is 0 Å². The SMILES string of the molecule is CCC(C=C(CNC1CC1)C1CCCCC1)CC. The molecule has 0 aliphatic heterocycles. The minimum Gasteiger partial charge on any atom is -0.310 e. The molecule has 0 spiro atoms. The van der Waals surface area contributed by atoms with Gasteiger partial charge in [0.05, 0.1) is 0 Å². The van der Waals surface area contributed by atoms with Crippen molar-refractivity contribution in [1.82, 2.24) is 5.32 Å². The summed E-state index contributed by atoms with van der Waals surface area (Å²) in [5.74, 6) is 1.70. The van der Waals surface area contributed by atoms with Gasteiger partial charge in [0.2, 0.25) is 0 Å². The van der Waals surface area contributed by atoms with E-state index in [-0.39, 0.29) is 0 Å². The third-order valence-electron chi connectivity index (χ3n) is 4.80. The molecule has 104 valence electrons. The predicted octanol–water partition coefficient (Wildman–Crippen LogP) is 4.68. The molecule has 0 aromatic heterocycles. The fourth-order valence-corrected chi connectivity index (χ4v) is 3.19. The van der Waals surface area contributed by atoms with E-state index >= 15 is 0 Å². The van der Waals surface area contributed by atoms with Crippen molar-refractivity contribution in [2.24, 2.45) is 11.8 Å². The van der Waals surface area contributed by atoms with E-state index in [1.54, 1.807) is 5.57 Å². The zero-order valence-electron chi connectivity index (χ0n) is 12.4. The van der Waals surface area contributed by atoms with Gasteiger partial charge in [-0.25, -0.2) is 0 Å². The van der Waals surface area contributed by atoms with Crippen molar-refractivity contribution in [3.8, 4) is 0 Å². The Balaban J connectivity index is 1.94. The van der Waals surface area contributed by atoms with E-state index in [0.29, 0.717) is 0 Å². The van der Waals surface area contributed by atoms with E-state index in [1.807, 2.05) is 0 Å². The molecule has 0 amide bonds. The molecule has 0 aromatic rings. The first-order valence-corrected chi connectivity index (χ1v) is 8.27. The lowest BCUT2D eigenvalue weighted by atomic mass is 9.82. The van der Waals surface area contributed by atoms with E-state index in [9.17, 15) is 0 Å². The normalized spacial score (nSPS) is 22.7. The fourth-order valence-electron chi connectivity index (χ4n) is 3.19. The summed E-state index contributed by atoms with van der Waals surface area (Å²) in [6.07, 6.45) is 15.3. The van der Waals surface area contributed by atoms with Crippen molar-refractivity contribution in [3.05, 3.63) is 11.6 Å². The van der Waals surface area contributed by atoms with Gasteiger partial charge in [0, 0.05) is 12.6 Å². The lowest BCUT2D eigenvalue weighted by molar-refractivity contribution is 0.390. The van der Waals surface area contributed by atoms with Crippen LogP contribution >= 0.6 is 0 Å². The molecule has 0 heterocycles. The summed E-state index contributed by atoms with van der Waals surface area (Å²) < 4.78 is 0. The van der Waals surface area contributed by atoms with Crippen LogP contribution in [0.4, 0.5) is 0 Å². The fraction of sp³-hybridized carbons (Fsp3) is 0.882. The molecule has 2 aliphatic carbocycles. The molecular weight excluding hydrogens is 218 g/mol. The molecule has 1 heteroatoms. The van der Waals surface area contributed by atoms with Crippen molar-refractivity contribution in [2.75, 3.05) is 6.54 Å². The molecule has 2 aliphatic rings. The van der Waals surface area contributed by atoms with Gasteiger partial charge in [-0.3, -0.25) is 0 Å². The molecule has 2 fully saturated rings. The Morgan fingerprint density at radius 3 is 2.28 bits per heavy atom. The molecule has 0 bridgehead atoms. The maximum atomic E-state index is 3.74. The summed E-state index contributed by atoms with van der Waals surface area (Å²) in [6.45, 7) is 5.83. The van der Waals surface area contributed by atoms with Crippen LogP contribution in [0.2, 0.25) is 0 Å². The number of hydrogen-bond acceptors (Lipinski definition) is 1. The zero-order chi connectivity index (χ0) is 12.8. The smallest absolute Gasteiger partial charge is 0.0170 e. The first kappa shape index (κ1) is 14.1. The highest BCUT2D eigenvalue weighted by Gasteiger charge is 2.23. The molecule has 0 unspecified atom stereocenters. The molecule has 2 saturated carbocycles. The van der Waals surface area contributed by atoms with Gasteiger partial charge < -0.3 is 5.32 Å². The van der Waals surface area contributed by atoms with Gasteiger partial charge in [0.15, 0.2) is 0 Å². The Bertz CT molecular complexity index is 255. The van der Waals surface area contributed by atoms with Gasteiger partial charge in [0.25, 0.3) is 0 Å². The molecule has 0 aromatic carbocycles. The predicted molar refractivity (Wildman–Crippen MR) is 79.8 cm³/mol. The lowest BCUT2D eigenvalue weighted by Crippen LogP contribution is -2.24. The van der Waals surface area contributed by atoms with Crippen LogP contribution in [-0.4, -0.2) is 12.6 Å². The van der Waals surface area contributed by atoms with Crippen LogP contribution in [0.5, 0.6) is 0 Å². The maximum Gasteiger partial charge on any atom is 0.0170 e. The van der Waals surface area contributed by atoms with Gasteiger partial charge in [-0.05, 0) is 50.4 Å². The van der Waals surface area contributed by atoms with Crippen molar-refractivity contribution in [2.45, 2.75) is 77.7 Å². The largest absolute Gasteiger partial charge is 0.310 e. The third-order valence-corrected chi connectivity index (χ3v) is 4.80. The lowest BCUT2D eigenvalue weighted by Gasteiger charge is -2.26. The van der Waals surface area contributed by atoms with Crippen molar-refractivity contribution in [1.29, 1.82) is 0 Å². The Kier molecular flexibility index (Phi) is 5.75. The van der Waals surface area contributed by atoms with Crippen LogP contribution in [0.1, 0.15) is 71.6 Å². The second-order valence-electron chi connectivity index (χ2n) is 6.31. The Labute approximate surface area is 113 Å². The van der Waals surface area contributed by atoms with E-state index in [1.165, 1.54) is 64.3 Å². The number of allylic oxidation sites excluding steroid dienone is 1. The van der Waals surface area contributed by atoms with E-state index < -0.39 is 0 Å². The highest BCUT2D eigenvalue weighted by Crippen LogP contribution is 2.31. The average molecular weight is 249 g/mol. The van der Waals surface area contributed by atoms with Crippen LogP contribution in [-0.2, 0) is 0 Å². The Hall–Kier alpha value is -0.300. The van der Waals surface area contributed by atoms with Crippen LogP contribution in [0, 0.1) is 11.8 Å². The molecule has 2 rings (SSSR count). The molecule has 1 N–H and O–H groups in total. The molecule has 0 saturated heterocycles. The Morgan fingerprint density at radius 2 is 1.72 bits per heavy atom. The van der Waals surface area contributed by atoms with Crippen molar-refractivity contribution >= 4 is 0 Å². The van der Waals surface area contributed by atoms with Gasteiger partial charge in [-0.1, -0.05) is 44.8 Å². The molecule has 0 radical (unpaired) electrons. The molecular formula is C17H31N.